The van der Waals surface area contributed by atoms with Gasteiger partial charge in [0.15, 0.2) is 0 Å². The van der Waals surface area contributed by atoms with Gasteiger partial charge in [0, 0.05) is 34.7 Å². The van der Waals surface area contributed by atoms with Crippen LogP contribution in [0.5, 0.6) is 0 Å². The molecule has 5 nitrogen and oxygen atoms in total. The molecule has 0 unspecified atom stereocenters. The van der Waals surface area contributed by atoms with Crippen LogP contribution in [-0.4, -0.2) is 28.0 Å². The zero-order valence-corrected chi connectivity index (χ0v) is 18.3. The molecule has 1 aliphatic carbocycles. The summed E-state index contributed by atoms with van der Waals surface area (Å²) in [5.74, 6) is -0.205. The number of amides is 1. The number of nitrogens with one attached hydrogen (secondary N) is 2. The van der Waals surface area contributed by atoms with Gasteiger partial charge in [-0.2, -0.15) is 13.2 Å². The molecule has 1 fully saturated rings. The number of anilines is 1. The standard InChI is InChI=1S/C26H23F3N4O/c27-26(28,29)23-15-22(20-7-3-4-8-21(20)33-23)31-17-9-11-18(12-10-17)32-25(34)24-19-6-2-1-5-16(19)13-14-30-24/h1-8,13-15,17-18H,9-12H2,(H,31,33)(H,32,34)/t17-,18+. The number of carbonyl (C=O) groups excluding carboxylic acids is 1. The Labute approximate surface area is 194 Å². The summed E-state index contributed by atoms with van der Waals surface area (Å²) in [6.07, 6.45) is 0.0226. The molecule has 1 saturated carbocycles. The third kappa shape index (κ3) is 4.53. The van der Waals surface area contributed by atoms with Crippen LogP contribution in [0.25, 0.3) is 21.7 Å². The Morgan fingerprint density at radius 3 is 2.32 bits per heavy atom. The SMILES string of the molecule is O=C(N[C@H]1CC[C@@H](Nc2cc(C(F)(F)F)nc3ccccc23)CC1)c1nccc2ccccc12. The van der Waals surface area contributed by atoms with Crippen LogP contribution in [0.2, 0.25) is 0 Å². The molecule has 0 atom stereocenters. The van der Waals surface area contributed by atoms with Gasteiger partial charge in [-0.15, -0.1) is 0 Å². The topological polar surface area (TPSA) is 66.9 Å². The molecule has 1 aliphatic rings. The first-order valence-corrected chi connectivity index (χ1v) is 11.3. The average Bonchev–Trinajstić information content (AvgIpc) is 2.84. The van der Waals surface area contributed by atoms with Gasteiger partial charge in [0.2, 0.25) is 0 Å². The van der Waals surface area contributed by atoms with Gasteiger partial charge < -0.3 is 10.6 Å². The summed E-state index contributed by atoms with van der Waals surface area (Å²) in [6.45, 7) is 0. The van der Waals surface area contributed by atoms with Crippen LogP contribution in [0.3, 0.4) is 0 Å². The van der Waals surface area contributed by atoms with E-state index in [9.17, 15) is 18.0 Å². The van der Waals surface area contributed by atoms with Crippen molar-refractivity contribution in [1.29, 1.82) is 0 Å². The van der Waals surface area contributed by atoms with Crippen LogP contribution >= 0.6 is 0 Å². The van der Waals surface area contributed by atoms with Crippen molar-refractivity contribution < 1.29 is 18.0 Å². The summed E-state index contributed by atoms with van der Waals surface area (Å²) in [5, 5.41) is 8.81. The highest BCUT2D eigenvalue weighted by molar-refractivity contribution is 6.05. The molecule has 2 aromatic carbocycles. The lowest BCUT2D eigenvalue weighted by Gasteiger charge is -2.30. The summed E-state index contributed by atoms with van der Waals surface area (Å²) in [5.41, 5.74) is 0.243. The molecule has 0 aliphatic heterocycles. The zero-order chi connectivity index (χ0) is 23.7. The first-order valence-electron chi connectivity index (χ1n) is 11.3. The molecule has 0 spiro atoms. The Morgan fingerprint density at radius 2 is 1.56 bits per heavy atom. The van der Waals surface area contributed by atoms with E-state index in [1.807, 2.05) is 30.3 Å². The monoisotopic (exact) mass is 464 g/mol. The van der Waals surface area contributed by atoms with Gasteiger partial charge in [0.05, 0.1) is 5.52 Å². The largest absolute Gasteiger partial charge is 0.433 e. The molecule has 1 amide bonds. The van der Waals surface area contributed by atoms with E-state index in [4.69, 9.17) is 0 Å². The lowest BCUT2D eigenvalue weighted by Crippen LogP contribution is -2.40. The number of carbonyl (C=O) groups is 1. The second-order valence-corrected chi connectivity index (χ2v) is 8.62. The van der Waals surface area contributed by atoms with Crippen molar-refractivity contribution >= 4 is 33.3 Å². The van der Waals surface area contributed by atoms with E-state index in [-0.39, 0.29) is 18.0 Å². The van der Waals surface area contributed by atoms with Crippen LogP contribution in [0, 0.1) is 0 Å². The molecule has 8 heteroatoms. The number of alkyl halides is 3. The van der Waals surface area contributed by atoms with Gasteiger partial charge in [-0.05, 0) is 49.3 Å². The van der Waals surface area contributed by atoms with Crippen molar-refractivity contribution in [1.82, 2.24) is 15.3 Å². The number of pyridine rings is 2. The minimum Gasteiger partial charge on any atom is -0.382 e. The van der Waals surface area contributed by atoms with E-state index in [2.05, 4.69) is 20.6 Å². The first-order chi connectivity index (χ1) is 16.4. The smallest absolute Gasteiger partial charge is 0.382 e. The highest BCUT2D eigenvalue weighted by Crippen LogP contribution is 2.34. The van der Waals surface area contributed by atoms with E-state index in [0.717, 1.165) is 42.5 Å². The number of fused-ring (bicyclic) bond motifs is 2. The second kappa shape index (κ2) is 8.93. The maximum Gasteiger partial charge on any atom is 0.433 e. The summed E-state index contributed by atoms with van der Waals surface area (Å²) >= 11 is 0. The van der Waals surface area contributed by atoms with Crippen molar-refractivity contribution in [3.63, 3.8) is 0 Å². The van der Waals surface area contributed by atoms with Gasteiger partial charge in [-0.3, -0.25) is 9.78 Å². The lowest BCUT2D eigenvalue weighted by atomic mass is 9.90. The number of hydrogen-bond donors (Lipinski definition) is 2. The zero-order valence-electron chi connectivity index (χ0n) is 18.3. The van der Waals surface area contributed by atoms with Gasteiger partial charge in [0.1, 0.15) is 11.4 Å². The summed E-state index contributed by atoms with van der Waals surface area (Å²) in [4.78, 5) is 20.9. The molecule has 2 heterocycles. The molecule has 34 heavy (non-hydrogen) atoms. The molecule has 5 rings (SSSR count). The minimum atomic E-state index is -4.52. The molecule has 4 aromatic rings. The van der Waals surface area contributed by atoms with E-state index in [1.165, 1.54) is 0 Å². The molecular formula is C26H23F3N4O. The Kier molecular flexibility index (Phi) is 5.81. The number of nitrogens with zero attached hydrogens (tertiary/aromatic N) is 2. The van der Waals surface area contributed by atoms with Crippen LogP contribution < -0.4 is 10.6 Å². The number of aromatic nitrogens is 2. The fraction of sp³-hybridized carbons (Fsp3) is 0.269. The second-order valence-electron chi connectivity index (χ2n) is 8.62. The van der Waals surface area contributed by atoms with Crippen LogP contribution in [0.1, 0.15) is 41.9 Å². The number of hydrogen-bond acceptors (Lipinski definition) is 4. The molecule has 2 N–H and O–H groups in total. The van der Waals surface area contributed by atoms with Crippen molar-refractivity contribution in [3.05, 3.63) is 78.2 Å². The summed E-state index contributed by atoms with van der Waals surface area (Å²) < 4.78 is 40.0. The fourth-order valence-electron chi connectivity index (χ4n) is 4.60. The molecule has 0 saturated heterocycles. The predicted molar refractivity (Wildman–Crippen MR) is 126 cm³/mol. The fourth-order valence-corrected chi connectivity index (χ4v) is 4.60. The van der Waals surface area contributed by atoms with Crippen molar-refractivity contribution in [3.8, 4) is 0 Å². The van der Waals surface area contributed by atoms with Crippen molar-refractivity contribution in [2.75, 3.05) is 5.32 Å². The van der Waals surface area contributed by atoms with Gasteiger partial charge in [-0.25, -0.2) is 4.98 Å². The average molecular weight is 464 g/mol. The van der Waals surface area contributed by atoms with Crippen LogP contribution in [0.4, 0.5) is 18.9 Å². The maximum absolute atomic E-state index is 13.3. The molecule has 0 bridgehead atoms. The number of para-hydroxylation sites is 1. The third-order valence-electron chi connectivity index (χ3n) is 6.32. The minimum absolute atomic E-state index is 0.00811. The maximum atomic E-state index is 13.3. The Bertz CT molecular complexity index is 1340. The molecule has 174 valence electrons. The number of rotatable bonds is 4. The molecule has 0 radical (unpaired) electrons. The Morgan fingerprint density at radius 1 is 0.882 bits per heavy atom. The van der Waals surface area contributed by atoms with Gasteiger partial charge in [0.25, 0.3) is 5.91 Å². The first kappa shape index (κ1) is 22.1. The van der Waals surface area contributed by atoms with Gasteiger partial charge in [-0.1, -0.05) is 42.5 Å². The predicted octanol–water partition coefficient (Wildman–Crippen LogP) is 5.95. The molecular weight excluding hydrogens is 441 g/mol. The quantitative estimate of drug-likeness (QED) is 0.391. The number of benzene rings is 2. The third-order valence-corrected chi connectivity index (χ3v) is 6.32. The van der Waals surface area contributed by atoms with Gasteiger partial charge >= 0.3 is 6.18 Å². The van der Waals surface area contributed by atoms with Crippen molar-refractivity contribution in [2.24, 2.45) is 0 Å². The summed E-state index contributed by atoms with van der Waals surface area (Å²) in [7, 11) is 0. The van der Waals surface area contributed by atoms with Crippen LogP contribution in [0.15, 0.2) is 66.9 Å². The lowest BCUT2D eigenvalue weighted by molar-refractivity contribution is -0.140. The summed E-state index contributed by atoms with van der Waals surface area (Å²) in [6, 6.07) is 17.4. The molecule has 2 aromatic heterocycles. The Balaban J connectivity index is 1.26. The highest BCUT2D eigenvalue weighted by atomic mass is 19.4. The Hall–Kier alpha value is -3.68. The van der Waals surface area contributed by atoms with Crippen molar-refractivity contribution in [2.45, 2.75) is 43.9 Å². The normalized spacial score (nSPS) is 18.7. The van der Waals surface area contributed by atoms with E-state index in [0.29, 0.717) is 22.3 Å². The van der Waals surface area contributed by atoms with Crippen LogP contribution in [-0.2, 0) is 6.18 Å². The van der Waals surface area contributed by atoms with E-state index >= 15 is 0 Å². The highest BCUT2D eigenvalue weighted by Gasteiger charge is 2.34. The van der Waals surface area contributed by atoms with E-state index < -0.39 is 11.9 Å². The number of halogens is 3. The van der Waals surface area contributed by atoms with E-state index in [1.54, 1.807) is 30.5 Å².